The van der Waals surface area contributed by atoms with Crippen LogP contribution in [-0.2, 0) is 14.9 Å². The second-order valence-electron chi connectivity index (χ2n) is 7.63. The standard InChI is InChI=1S/C24H28FNO4/c1-3-15-30-21-12-11-17(16-18(21)22(27)29-2)26-23(28)24(13-7-4-8-14-24)19-9-5-6-10-20(19)25/h5-6,9-12,16H,3-4,7-8,13-15H2,1-2H3,(H,26,28). The maximum Gasteiger partial charge on any atom is 0.341 e. The van der Waals surface area contributed by atoms with Crippen LogP contribution in [0.5, 0.6) is 5.75 Å². The molecule has 0 aliphatic heterocycles. The molecule has 0 atom stereocenters. The molecule has 160 valence electrons. The van der Waals surface area contributed by atoms with Crippen molar-refractivity contribution in [1.29, 1.82) is 0 Å². The number of methoxy groups -OCH3 is 1. The van der Waals surface area contributed by atoms with E-state index in [1.165, 1.54) is 13.2 Å². The fraction of sp³-hybridized carbons (Fsp3) is 0.417. The van der Waals surface area contributed by atoms with Gasteiger partial charge in [-0.3, -0.25) is 4.79 Å². The quantitative estimate of drug-likeness (QED) is 0.631. The van der Waals surface area contributed by atoms with Gasteiger partial charge in [-0.1, -0.05) is 44.4 Å². The number of carbonyl (C=O) groups is 2. The first-order chi connectivity index (χ1) is 14.5. The summed E-state index contributed by atoms with van der Waals surface area (Å²) in [6, 6.07) is 11.4. The molecule has 0 aromatic heterocycles. The second-order valence-corrected chi connectivity index (χ2v) is 7.63. The number of amides is 1. The van der Waals surface area contributed by atoms with E-state index in [2.05, 4.69) is 5.32 Å². The largest absolute Gasteiger partial charge is 0.493 e. The molecule has 1 saturated carbocycles. The summed E-state index contributed by atoms with van der Waals surface area (Å²) in [5.41, 5.74) is 0.197. The first-order valence-electron chi connectivity index (χ1n) is 10.4. The fourth-order valence-electron chi connectivity index (χ4n) is 4.09. The van der Waals surface area contributed by atoms with Gasteiger partial charge in [0.05, 0.1) is 19.1 Å². The van der Waals surface area contributed by atoms with E-state index in [1.807, 2.05) is 6.92 Å². The summed E-state index contributed by atoms with van der Waals surface area (Å²) in [6.07, 6.45) is 4.71. The Morgan fingerprint density at radius 2 is 1.83 bits per heavy atom. The molecule has 6 heteroatoms. The number of anilines is 1. The van der Waals surface area contributed by atoms with Crippen LogP contribution in [0.1, 0.15) is 61.4 Å². The lowest BCUT2D eigenvalue weighted by Gasteiger charge is -2.36. The SMILES string of the molecule is CCCOc1ccc(NC(=O)C2(c3ccccc3F)CCCCC2)cc1C(=O)OC. The highest BCUT2D eigenvalue weighted by Gasteiger charge is 2.42. The predicted molar refractivity (Wildman–Crippen MR) is 113 cm³/mol. The average Bonchev–Trinajstić information content (AvgIpc) is 2.78. The smallest absolute Gasteiger partial charge is 0.341 e. The summed E-state index contributed by atoms with van der Waals surface area (Å²) in [5.74, 6) is -0.764. The normalized spacial score (nSPS) is 15.3. The topological polar surface area (TPSA) is 64.6 Å². The molecule has 1 fully saturated rings. The molecule has 0 radical (unpaired) electrons. The van der Waals surface area contributed by atoms with E-state index in [0.717, 1.165) is 25.7 Å². The monoisotopic (exact) mass is 413 g/mol. The molecule has 1 aliphatic carbocycles. The van der Waals surface area contributed by atoms with Crippen LogP contribution in [0.4, 0.5) is 10.1 Å². The van der Waals surface area contributed by atoms with Crippen molar-refractivity contribution >= 4 is 17.6 Å². The minimum atomic E-state index is -0.924. The number of rotatable bonds is 7. The van der Waals surface area contributed by atoms with E-state index < -0.39 is 11.4 Å². The maximum atomic E-state index is 14.6. The van der Waals surface area contributed by atoms with Crippen molar-refractivity contribution in [2.24, 2.45) is 0 Å². The number of esters is 1. The Kier molecular flexibility index (Phi) is 7.08. The van der Waals surface area contributed by atoms with Crippen molar-refractivity contribution < 1.29 is 23.5 Å². The van der Waals surface area contributed by atoms with Crippen molar-refractivity contribution in [2.45, 2.75) is 50.9 Å². The van der Waals surface area contributed by atoms with Crippen molar-refractivity contribution in [1.82, 2.24) is 0 Å². The van der Waals surface area contributed by atoms with Crippen LogP contribution < -0.4 is 10.1 Å². The third-order valence-corrected chi connectivity index (χ3v) is 5.64. The van der Waals surface area contributed by atoms with Gasteiger partial charge in [-0.15, -0.1) is 0 Å². The van der Waals surface area contributed by atoms with Gasteiger partial charge in [0, 0.05) is 11.3 Å². The molecule has 2 aromatic carbocycles. The van der Waals surface area contributed by atoms with Gasteiger partial charge in [0.1, 0.15) is 17.1 Å². The van der Waals surface area contributed by atoms with Crippen molar-refractivity contribution in [3.63, 3.8) is 0 Å². The van der Waals surface area contributed by atoms with E-state index in [4.69, 9.17) is 9.47 Å². The van der Waals surface area contributed by atoms with Crippen LogP contribution in [0.15, 0.2) is 42.5 Å². The molecule has 0 unspecified atom stereocenters. The number of ether oxygens (including phenoxy) is 2. The van der Waals surface area contributed by atoms with Gasteiger partial charge in [-0.05, 0) is 43.5 Å². The van der Waals surface area contributed by atoms with Crippen LogP contribution in [-0.4, -0.2) is 25.6 Å². The van der Waals surface area contributed by atoms with Gasteiger partial charge < -0.3 is 14.8 Å². The van der Waals surface area contributed by atoms with Gasteiger partial charge in [-0.25, -0.2) is 9.18 Å². The van der Waals surface area contributed by atoms with E-state index in [0.29, 0.717) is 36.4 Å². The summed E-state index contributed by atoms with van der Waals surface area (Å²) < 4.78 is 25.1. The number of halogens is 1. The van der Waals surface area contributed by atoms with E-state index in [-0.39, 0.29) is 17.3 Å². The zero-order valence-corrected chi connectivity index (χ0v) is 17.5. The van der Waals surface area contributed by atoms with Crippen LogP contribution in [0, 0.1) is 5.82 Å². The molecule has 0 spiro atoms. The molecule has 1 amide bonds. The Balaban J connectivity index is 1.92. The maximum absolute atomic E-state index is 14.6. The highest BCUT2D eigenvalue weighted by atomic mass is 19.1. The van der Waals surface area contributed by atoms with Crippen molar-refractivity contribution in [2.75, 3.05) is 19.0 Å². The van der Waals surface area contributed by atoms with E-state index in [9.17, 15) is 14.0 Å². The van der Waals surface area contributed by atoms with E-state index in [1.54, 1.807) is 36.4 Å². The molecule has 0 heterocycles. The van der Waals surface area contributed by atoms with Gasteiger partial charge in [-0.2, -0.15) is 0 Å². The summed E-state index contributed by atoms with van der Waals surface area (Å²) in [4.78, 5) is 25.6. The summed E-state index contributed by atoms with van der Waals surface area (Å²) >= 11 is 0. The Labute approximate surface area is 176 Å². The number of hydrogen-bond donors (Lipinski definition) is 1. The summed E-state index contributed by atoms with van der Waals surface area (Å²) in [6.45, 7) is 2.44. The molecule has 1 N–H and O–H groups in total. The minimum absolute atomic E-state index is 0.243. The van der Waals surface area contributed by atoms with Crippen molar-refractivity contribution in [3.05, 3.63) is 59.4 Å². The Morgan fingerprint density at radius 1 is 1.10 bits per heavy atom. The summed E-state index contributed by atoms with van der Waals surface area (Å²) in [7, 11) is 1.30. The van der Waals surface area contributed by atoms with Crippen molar-refractivity contribution in [3.8, 4) is 5.75 Å². The van der Waals surface area contributed by atoms with Crippen LogP contribution >= 0.6 is 0 Å². The van der Waals surface area contributed by atoms with Gasteiger partial charge in [0.2, 0.25) is 5.91 Å². The van der Waals surface area contributed by atoms with Crippen LogP contribution in [0.2, 0.25) is 0 Å². The Morgan fingerprint density at radius 3 is 2.50 bits per heavy atom. The molecule has 3 rings (SSSR count). The highest BCUT2D eigenvalue weighted by Crippen LogP contribution is 2.41. The summed E-state index contributed by atoms with van der Waals surface area (Å²) in [5, 5.41) is 2.91. The molecular weight excluding hydrogens is 385 g/mol. The number of benzene rings is 2. The van der Waals surface area contributed by atoms with Gasteiger partial charge in [0.15, 0.2) is 0 Å². The Hall–Kier alpha value is -2.89. The molecule has 2 aromatic rings. The minimum Gasteiger partial charge on any atom is -0.493 e. The highest BCUT2D eigenvalue weighted by molar-refractivity contribution is 6.01. The first-order valence-corrected chi connectivity index (χ1v) is 10.4. The predicted octanol–water partition coefficient (Wildman–Crippen LogP) is 5.24. The molecule has 30 heavy (non-hydrogen) atoms. The van der Waals surface area contributed by atoms with Crippen LogP contribution in [0.3, 0.4) is 0 Å². The number of nitrogens with one attached hydrogen (secondary N) is 1. The third kappa shape index (κ3) is 4.48. The molecule has 0 bridgehead atoms. The van der Waals surface area contributed by atoms with Gasteiger partial charge in [0.25, 0.3) is 0 Å². The molecule has 1 aliphatic rings. The average molecular weight is 413 g/mol. The zero-order valence-electron chi connectivity index (χ0n) is 17.5. The zero-order chi connectivity index (χ0) is 21.6. The molecule has 5 nitrogen and oxygen atoms in total. The van der Waals surface area contributed by atoms with E-state index >= 15 is 0 Å². The lowest BCUT2D eigenvalue weighted by Crippen LogP contribution is -2.42. The lowest BCUT2D eigenvalue weighted by molar-refractivity contribution is -0.122. The fourth-order valence-corrected chi connectivity index (χ4v) is 4.09. The first kappa shape index (κ1) is 21.8. The lowest BCUT2D eigenvalue weighted by atomic mass is 9.68. The van der Waals surface area contributed by atoms with Gasteiger partial charge >= 0.3 is 5.97 Å². The van der Waals surface area contributed by atoms with Crippen LogP contribution in [0.25, 0.3) is 0 Å². The third-order valence-electron chi connectivity index (χ3n) is 5.64. The Bertz CT molecular complexity index is 906. The number of hydrogen-bond acceptors (Lipinski definition) is 4. The molecule has 0 saturated heterocycles. The second kappa shape index (κ2) is 9.74. The number of carbonyl (C=O) groups excluding carboxylic acids is 2. The molecular formula is C24H28FNO4.